The van der Waals surface area contributed by atoms with Gasteiger partial charge in [0.2, 0.25) is 0 Å². The SMILES string of the molecule is C1C2NC12.C=CC(=O)OCC. The lowest BCUT2D eigenvalue weighted by molar-refractivity contribution is -0.137. The Balaban J connectivity index is 0.000000122. The van der Waals surface area contributed by atoms with E-state index in [1.54, 1.807) is 6.92 Å². The molecule has 62 valence electrons. The van der Waals surface area contributed by atoms with E-state index in [-0.39, 0.29) is 5.97 Å². The van der Waals surface area contributed by atoms with Crippen LogP contribution in [0.4, 0.5) is 0 Å². The number of ether oxygens (including phenoxy) is 1. The highest BCUT2D eigenvalue weighted by atomic mass is 16.5. The molecule has 2 fully saturated rings. The molecule has 2 aliphatic rings. The second-order valence-corrected chi connectivity index (χ2v) is 2.57. The van der Waals surface area contributed by atoms with Crippen LogP contribution >= 0.6 is 0 Å². The largest absolute Gasteiger partial charge is 0.463 e. The summed E-state index contributed by atoms with van der Waals surface area (Å²) in [5.74, 6) is -0.359. The molecule has 11 heavy (non-hydrogen) atoms. The summed E-state index contributed by atoms with van der Waals surface area (Å²) in [6.45, 7) is 5.38. The lowest BCUT2D eigenvalue weighted by Gasteiger charge is -1.90. The van der Waals surface area contributed by atoms with E-state index in [9.17, 15) is 4.79 Å². The summed E-state index contributed by atoms with van der Waals surface area (Å²) in [7, 11) is 0. The van der Waals surface area contributed by atoms with Gasteiger partial charge in [-0.3, -0.25) is 0 Å². The maximum atomic E-state index is 10.1. The van der Waals surface area contributed by atoms with Crippen molar-refractivity contribution in [3.8, 4) is 0 Å². The molecule has 2 atom stereocenters. The molecular formula is C8H13NO2. The predicted octanol–water partition coefficient (Wildman–Crippen LogP) is 0.466. The summed E-state index contributed by atoms with van der Waals surface area (Å²) in [6, 6.07) is 2.00. The van der Waals surface area contributed by atoms with Crippen LogP contribution in [0.5, 0.6) is 0 Å². The standard InChI is InChI=1S/C5H8O2.C3H5N/c1-3-5(6)7-4-2;1-2-3(1)4-2/h3H,1,4H2,2H3;2-4H,1H2. The zero-order valence-electron chi connectivity index (χ0n) is 6.67. The molecular weight excluding hydrogens is 142 g/mol. The molecule has 3 heteroatoms. The zero-order chi connectivity index (χ0) is 8.27. The summed E-state index contributed by atoms with van der Waals surface area (Å²) in [4.78, 5) is 10.1. The van der Waals surface area contributed by atoms with Crippen LogP contribution in [0.3, 0.4) is 0 Å². The van der Waals surface area contributed by atoms with Crippen molar-refractivity contribution in [2.75, 3.05) is 6.61 Å². The van der Waals surface area contributed by atoms with Crippen molar-refractivity contribution in [2.24, 2.45) is 0 Å². The summed E-state index contributed by atoms with van der Waals surface area (Å²) in [5, 5.41) is 3.19. The first-order valence-electron chi connectivity index (χ1n) is 3.83. The fourth-order valence-electron chi connectivity index (χ4n) is 0.591. The molecule has 1 aliphatic carbocycles. The highest BCUT2D eigenvalue weighted by Crippen LogP contribution is 2.35. The third kappa shape index (κ3) is 3.18. The Hall–Kier alpha value is -0.830. The molecule has 0 bridgehead atoms. The summed E-state index contributed by atoms with van der Waals surface area (Å²) in [6.07, 6.45) is 2.61. The molecule has 1 N–H and O–H groups in total. The minimum atomic E-state index is -0.359. The van der Waals surface area contributed by atoms with E-state index in [0.717, 1.165) is 18.2 Å². The van der Waals surface area contributed by atoms with Crippen molar-refractivity contribution < 1.29 is 9.53 Å². The van der Waals surface area contributed by atoms with E-state index in [1.807, 2.05) is 0 Å². The van der Waals surface area contributed by atoms with Crippen LogP contribution in [-0.4, -0.2) is 24.7 Å². The van der Waals surface area contributed by atoms with Gasteiger partial charge in [0.25, 0.3) is 0 Å². The van der Waals surface area contributed by atoms with E-state index in [0.29, 0.717) is 6.61 Å². The lowest BCUT2D eigenvalue weighted by atomic mass is 10.6. The quantitative estimate of drug-likeness (QED) is 0.358. The van der Waals surface area contributed by atoms with Gasteiger partial charge in [-0.1, -0.05) is 6.58 Å². The molecule has 3 nitrogen and oxygen atoms in total. The number of rotatable bonds is 2. The highest BCUT2D eigenvalue weighted by molar-refractivity contribution is 5.81. The number of hydrogen-bond donors (Lipinski definition) is 1. The molecule has 0 aromatic rings. The maximum absolute atomic E-state index is 10.1. The van der Waals surface area contributed by atoms with Crippen LogP contribution in [0.15, 0.2) is 12.7 Å². The molecule has 0 spiro atoms. The average molecular weight is 155 g/mol. The zero-order valence-corrected chi connectivity index (χ0v) is 6.67. The average Bonchev–Trinajstić information content (AvgIpc) is 2.74. The van der Waals surface area contributed by atoms with Gasteiger partial charge in [0.05, 0.1) is 6.61 Å². The Bertz CT molecular complexity index is 155. The molecule has 0 amide bonds. The number of carbonyl (C=O) groups excluding carboxylic acids is 1. The lowest BCUT2D eigenvalue weighted by Crippen LogP contribution is -1.97. The Labute approximate surface area is 66.4 Å². The Morgan fingerprint density at radius 2 is 2.27 bits per heavy atom. The number of esters is 1. The molecule has 1 heterocycles. The van der Waals surface area contributed by atoms with E-state index in [4.69, 9.17) is 0 Å². The molecule has 1 aliphatic heterocycles. The molecule has 2 rings (SSSR count). The van der Waals surface area contributed by atoms with E-state index in [1.165, 1.54) is 6.42 Å². The van der Waals surface area contributed by atoms with Crippen molar-refractivity contribution in [1.82, 2.24) is 5.32 Å². The van der Waals surface area contributed by atoms with E-state index < -0.39 is 0 Å². The predicted molar refractivity (Wildman–Crippen MR) is 42.2 cm³/mol. The summed E-state index contributed by atoms with van der Waals surface area (Å²) >= 11 is 0. The van der Waals surface area contributed by atoms with Crippen molar-refractivity contribution >= 4 is 5.97 Å². The monoisotopic (exact) mass is 155 g/mol. The first kappa shape index (κ1) is 8.27. The Morgan fingerprint density at radius 3 is 2.36 bits per heavy atom. The van der Waals surface area contributed by atoms with Crippen molar-refractivity contribution in [1.29, 1.82) is 0 Å². The Kier molecular flexibility index (Phi) is 2.65. The molecule has 2 unspecified atom stereocenters. The first-order chi connectivity index (χ1) is 5.27. The third-order valence-corrected chi connectivity index (χ3v) is 1.56. The van der Waals surface area contributed by atoms with Crippen LogP contribution in [-0.2, 0) is 9.53 Å². The Morgan fingerprint density at radius 1 is 1.82 bits per heavy atom. The van der Waals surface area contributed by atoms with Gasteiger partial charge in [-0.2, -0.15) is 0 Å². The van der Waals surface area contributed by atoms with Gasteiger partial charge in [0, 0.05) is 18.2 Å². The van der Waals surface area contributed by atoms with Gasteiger partial charge in [-0.15, -0.1) is 0 Å². The van der Waals surface area contributed by atoms with Crippen LogP contribution in [0, 0.1) is 0 Å². The molecule has 0 radical (unpaired) electrons. The fourth-order valence-corrected chi connectivity index (χ4v) is 0.591. The molecule has 0 aromatic heterocycles. The van der Waals surface area contributed by atoms with Crippen molar-refractivity contribution in [2.45, 2.75) is 25.4 Å². The van der Waals surface area contributed by atoms with Gasteiger partial charge in [0.1, 0.15) is 0 Å². The van der Waals surface area contributed by atoms with Crippen LogP contribution in [0.2, 0.25) is 0 Å². The number of nitrogens with one attached hydrogen (secondary N) is 1. The van der Waals surface area contributed by atoms with Gasteiger partial charge in [-0.25, -0.2) is 4.79 Å². The van der Waals surface area contributed by atoms with Gasteiger partial charge < -0.3 is 10.1 Å². The smallest absolute Gasteiger partial charge is 0.330 e. The number of carbonyl (C=O) groups is 1. The van der Waals surface area contributed by atoms with Crippen LogP contribution in [0.25, 0.3) is 0 Å². The second kappa shape index (κ2) is 3.53. The van der Waals surface area contributed by atoms with Gasteiger partial charge in [0.15, 0.2) is 0 Å². The molecule has 1 saturated carbocycles. The number of hydrogen-bond acceptors (Lipinski definition) is 3. The molecule has 1 saturated heterocycles. The maximum Gasteiger partial charge on any atom is 0.330 e. The topological polar surface area (TPSA) is 48.2 Å². The normalized spacial score (nSPS) is 28.8. The number of fused-ring (bicyclic) bond motifs is 1. The van der Waals surface area contributed by atoms with E-state index in [2.05, 4.69) is 16.6 Å². The second-order valence-electron chi connectivity index (χ2n) is 2.57. The fraction of sp³-hybridized carbons (Fsp3) is 0.625. The summed E-state index contributed by atoms with van der Waals surface area (Å²) in [5.41, 5.74) is 0. The minimum absolute atomic E-state index is 0.359. The first-order valence-corrected chi connectivity index (χ1v) is 3.83. The van der Waals surface area contributed by atoms with Gasteiger partial charge >= 0.3 is 5.97 Å². The van der Waals surface area contributed by atoms with Crippen LogP contribution < -0.4 is 5.32 Å². The van der Waals surface area contributed by atoms with Crippen molar-refractivity contribution in [3.63, 3.8) is 0 Å². The summed E-state index contributed by atoms with van der Waals surface area (Å²) < 4.78 is 4.43. The van der Waals surface area contributed by atoms with Crippen LogP contribution in [0.1, 0.15) is 13.3 Å². The van der Waals surface area contributed by atoms with Gasteiger partial charge in [-0.05, 0) is 13.3 Å². The van der Waals surface area contributed by atoms with E-state index >= 15 is 0 Å². The third-order valence-electron chi connectivity index (χ3n) is 1.56. The van der Waals surface area contributed by atoms with Crippen molar-refractivity contribution in [3.05, 3.63) is 12.7 Å². The molecule has 0 aromatic carbocycles. The minimum Gasteiger partial charge on any atom is -0.463 e. The highest BCUT2D eigenvalue weighted by Gasteiger charge is 2.52.